The minimum absolute atomic E-state index is 0.292. The Bertz CT molecular complexity index is 789. The second-order valence-electron chi connectivity index (χ2n) is 6.03. The lowest BCUT2D eigenvalue weighted by Gasteiger charge is -2.21. The van der Waals surface area contributed by atoms with Gasteiger partial charge in [0, 0.05) is 16.5 Å². The van der Waals surface area contributed by atoms with Crippen LogP contribution in [0.5, 0.6) is 5.75 Å². The van der Waals surface area contributed by atoms with Gasteiger partial charge >= 0.3 is 5.97 Å². The first-order chi connectivity index (χ1) is 12.5. The van der Waals surface area contributed by atoms with Crippen LogP contribution in [0.25, 0.3) is 0 Å². The number of hydrogen-bond acceptors (Lipinski definition) is 4. The van der Waals surface area contributed by atoms with Crippen LogP contribution in [0.3, 0.4) is 0 Å². The molecule has 3 rings (SSSR count). The van der Waals surface area contributed by atoms with Crippen molar-refractivity contribution in [2.45, 2.75) is 28.7 Å². The predicted molar refractivity (Wildman–Crippen MR) is 99.7 cm³/mol. The summed E-state index contributed by atoms with van der Waals surface area (Å²) in [5.74, 6) is -0.467. The summed E-state index contributed by atoms with van der Waals surface area (Å²) >= 11 is 7.47. The Morgan fingerprint density at radius 1 is 1.35 bits per heavy atom. The molecule has 1 saturated heterocycles. The van der Waals surface area contributed by atoms with Crippen LogP contribution in [-0.2, 0) is 4.79 Å². The molecule has 0 amide bonds. The molecule has 0 spiro atoms. The maximum Gasteiger partial charge on any atom is 0.320 e. The summed E-state index contributed by atoms with van der Waals surface area (Å²) in [5.41, 5.74) is 0. The van der Waals surface area contributed by atoms with Gasteiger partial charge in [0.2, 0.25) is 0 Å². The molecule has 1 N–H and O–H groups in total. The molecular weight excluding hydrogens is 377 g/mol. The van der Waals surface area contributed by atoms with Gasteiger partial charge in [-0.2, -0.15) is 0 Å². The fraction of sp³-hybridized carbons (Fsp3) is 0.316. The predicted octanol–water partition coefficient (Wildman–Crippen LogP) is 4.56. The topological polar surface area (TPSA) is 49.8 Å². The van der Waals surface area contributed by atoms with E-state index >= 15 is 0 Å². The first-order valence-electron chi connectivity index (χ1n) is 8.35. The van der Waals surface area contributed by atoms with E-state index in [-0.39, 0.29) is 5.82 Å². The summed E-state index contributed by atoms with van der Waals surface area (Å²) in [6, 6.07) is 11.2. The number of halogens is 2. The Kier molecular flexibility index (Phi) is 6.40. The summed E-state index contributed by atoms with van der Waals surface area (Å²) in [4.78, 5) is 14.8. The van der Waals surface area contributed by atoms with Crippen molar-refractivity contribution in [2.75, 3.05) is 19.7 Å². The lowest BCUT2D eigenvalue weighted by atomic mass is 10.2. The van der Waals surface area contributed by atoms with E-state index in [4.69, 9.17) is 16.3 Å². The van der Waals surface area contributed by atoms with Crippen LogP contribution in [-0.4, -0.2) is 41.7 Å². The Labute approximate surface area is 160 Å². The molecule has 0 bridgehead atoms. The Hall–Kier alpha value is -1.76. The fourth-order valence-electron chi connectivity index (χ4n) is 2.98. The second-order valence-corrected chi connectivity index (χ2v) is 7.58. The van der Waals surface area contributed by atoms with E-state index in [9.17, 15) is 14.3 Å². The third-order valence-corrected chi connectivity index (χ3v) is 5.50. The van der Waals surface area contributed by atoms with Crippen LogP contribution in [0.1, 0.15) is 12.8 Å². The van der Waals surface area contributed by atoms with Crippen LogP contribution in [0.15, 0.2) is 52.3 Å². The molecule has 26 heavy (non-hydrogen) atoms. The molecule has 1 heterocycles. The average molecular weight is 396 g/mol. The van der Waals surface area contributed by atoms with E-state index in [1.165, 1.54) is 23.9 Å². The zero-order chi connectivity index (χ0) is 18.5. The molecule has 1 atom stereocenters. The molecular formula is C19H19ClFNO3S. The van der Waals surface area contributed by atoms with Gasteiger partial charge in [0.05, 0.1) is 4.90 Å². The number of carbonyl (C=O) groups is 1. The highest BCUT2D eigenvalue weighted by Gasteiger charge is 2.30. The highest BCUT2D eigenvalue weighted by Crippen LogP contribution is 2.36. The third-order valence-electron chi connectivity index (χ3n) is 4.21. The Morgan fingerprint density at radius 2 is 2.19 bits per heavy atom. The molecule has 0 aromatic heterocycles. The fourth-order valence-corrected chi connectivity index (χ4v) is 4.07. The molecule has 138 valence electrons. The summed E-state index contributed by atoms with van der Waals surface area (Å²) in [6.45, 7) is 1.66. The van der Waals surface area contributed by atoms with Gasteiger partial charge in [-0.25, -0.2) is 4.39 Å². The third kappa shape index (κ3) is 4.90. The Morgan fingerprint density at radius 3 is 2.96 bits per heavy atom. The van der Waals surface area contributed by atoms with E-state index in [1.54, 1.807) is 18.2 Å². The standard InChI is InChI=1S/C19H19ClFNO3S/c20-13-6-7-18(26-15-4-1-3-14(21)12-15)17(11-13)25-10-9-22-8-2-5-16(22)19(23)24/h1,3-4,6-7,11-12,16H,2,5,8-10H2,(H,23,24). The van der Waals surface area contributed by atoms with E-state index in [0.29, 0.717) is 30.3 Å². The van der Waals surface area contributed by atoms with Crippen molar-refractivity contribution in [1.29, 1.82) is 0 Å². The van der Waals surface area contributed by atoms with Crippen LogP contribution in [0.2, 0.25) is 5.02 Å². The van der Waals surface area contributed by atoms with Gasteiger partial charge in [0.25, 0.3) is 0 Å². The van der Waals surface area contributed by atoms with Crippen molar-refractivity contribution in [3.05, 3.63) is 53.3 Å². The SMILES string of the molecule is O=C(O)C1CCCN1CCOc1cc(Cl)ccc1Sc1cccc(F)c1. The van der Waals surface area contributed by atoms with Crippen molar-refractivity contribution in [2.24, 2.45) is 0 Å². The number of carboxylic acid groups (broad SMARTS) is 1. The summed E-state index contributed by atoms with van der Waals surface area (Å²) < 4.78 is 19.3. The van der Waals surface area contributed by atoms with E-state index in [1.807, 2.05) is 17.0 Å². The zero-order valence-electron chi connectivity index (χ0n) is 14.0. The average Bonchev–Trinajstić information content (AvgIpc) is 3.06. The number of aliphatic carboxylic acids is 1. The van der Waals surface area contributed by atoms with Gasteiger partial charge in [-0.3, -0.25) is 9.69 Å². The van der Waals surface area contributed by atoms with Crippen molar-refractivity contribution >= 4 is 29.3 Å². The van der Waals surface area contributed by atoms with Crippen molar-refractivity contribution < 1.29 is 19.0 Å². The van der Waals surface area contributed by atoms with Gasteiger partial charge in [0.1, 0.15) is 24.2 Å². The van der Waals surface area contributed by atoms with Crippen LogP contribution < -0.4 is 4.74 Å². The molecule has 0 aliphatic carbocycles. The molecule has 1 unspecified atom stereocenters. The molecule has 1 fully saturated rings. The summed E-state index contributed by atoms with van der Waals surface area (Å²) in [5, 5.41) is 9.78. The first-order valence-corrected chi connectivity index (χ1v) is 9.55. The molecule has 0 radical (unpaired) electrons. The summed E-state index contributed by atoms with van der Waals surface area (Å²) in [6.07, 6.45) is 1.56. The van der Waals surface area contributed by atoms with Gasteiger partial charge in [-0.15, -0.1) is 0 Å². The van der Waals surface area contributed by atoms with Crippen LogP contribution in [0.4, 0.5) is 4.39 Å². The molecule has 2 aromatic rings. The van der Waals surface area contributed by atoms with Gasteiger partial charge in [-0.1, -0.05) is 29.4 Å². The minimum Gasteiger partial charge on any atom is -0.491 e. The largest absolute Gasteiger partial charge is 0.491 e. The van der Waals surface area contributed by atoms with Crippen molar-refractivity contribution in [1.82, 2.24) is 4.90 Å². The molecule has 0 saturated carbocycles. The van der Waals surface area contributed by atoms with E-state index < -0.39 is 12.0 Å². The maximum atomic E-state index is 13.4. The van der Waals surface area contributed by atoms with Crippen LogP contribution >= 0.6 is 23.4 Å². The minimum atomic E-state index is -0.785. The van der Waals surface area contributed by atoms with Crippen LogP contribution in [0, 0.1) is 5.82 Å². The van der Waals surface area contributed by atoms with Gasteiger partial charge in [-0.05, 0) is 55.8 Å². The first kappa shape index (κ1) is 19.0. The Balaban J connectivity index is 1.65. The highest BCUT2D eigenvalue weighted by molar-refractivity contribution is 7.99. The number of nitrogens with zero attached hydrogens (tertiary/aromatic N) is 1. The summed E-state index contributed by atoms with van der Waals surface area (Å²) in [7, 11) is 0. The van der Waals surface area contributed by atoms with Gasteiger partial charge < -0.3 is 9.84 Å². The smallest absolute Gasteiger partial charge is 0.320 e. The number of hydrogen-bond donors (Lipinski definition) is 1. The molecule has 2 aromatic carbocycles. The van der Waals surface area contributed by atoms with Gasteiger partial charge in [0.15, 0.2) is 0 Å². The number of carboxylic acids is 1. The molecule has 4 nitrogen and oxygen atoms in total. The van der Waals surface area contributed by atoms with Crippen molar-refractivity contribution in [3.63, 3.8) is 0 Å². The number of likely N-dealkylation sites (tertiary alicyclic amines) is 1. The molecule has 1 aliphatic heterocycles. The number of benzene rings is 2. The molecule has 1 aliphatic rings. The highest BCUT2D eigenvalue weighted by atomic mass is 35.5. The zero-order valence-corrected chi connectivity index (χ0v) is 15.6. The second kappa shape index (κ2) is 8.75. The normalized spacial score (nSPS) is 17.4. The number of rotatable bonds is 7. The maximum absolute atomic E-state index is 13.4. The van der Waals surface area contributed by atoms with E-state index in [2.05, 4.69) is 0 Å². The quantitative estimate of drug-likeness (QED) is 0.744. The lowest BCUT2D eigenvalue weighted by molar-refractivity contribution is -0.142. The van der Waals surface area contributed by atoms with E-state index in [0.717, 1.165) is 22.8 Å². The lowest BCUT2D eigenvalue weighted by Crippen LogP contribution is -2.38. The number of ether oxygens (including phenoxy) is 1. The van der Waals surface area contributed by atoms with Crippen molar-refractivity contribution in [3.8, 4) is 5.75 Å². The molecule has 7 heteroatoms. The monoisotopic (exact) mass is 395 g/mol.